The van der Waals surface area contributed by atoms with E-state index in [1.54, 1.807) is 16.4 Å². The molecule has 39 heavy (non-hydrogen) atoms. The Bertz CT molecular complexity index is 1070. The molecule has 5 rings (SSSR count). The van der Waals surface area contributed by atoms with Crippen LogP contribution < -0.4 is 16.4 Å². The summed E-state index contributed by atoms with van der Waals surface area (Å²) < 4.78 is 46.8. The van der Waals surface area contributed by atoms with E-state index in [0.29, 0.717) is 38.6 Å². The summed E-state index contributed by atoms with van der Waals surface area (Å²) in [5.41, 5.74) is 7.58. The SMILES string of the molecule is N[C@H](C(=O)N[C@H]1CCCC[C@@H]1CC[C@H]1CN[C@@H]2CCCS(=O)(=O)N1C2)C(c1ccc(F)cc1)C1CCOCC1. The number of carbonyl (C=O) groups excluding carboxylic acids is 1. The van der Waals surface area contributed by atoms with Crippen molar-refractivity contribution >= 4 is 15.9 Å². The third-order valence-corrected chi connectivity index (χ3v) is 11.6. The molecule has 1 aromatic carbocycles. The lowest BCUT2D eigenvalue weighted by atomic mass is 9.76. The molecule has 10 heteroatoms. The average Bonchev–Trinajstić information content (AvgIpc) is 3.06. The van der Waals surface area contributed by atoms with Crippen LogP contribution in [0.4, 0.5) is 4.39 Å². The zero-order chi connectivity index (χ0) is 27.4. The van der Waals surface area contributed by atoms with Gasteiger partial charge in [0.1, 0.15) is 5.82 Å². The Kier molecular flexibility index (Phi) is 9.59. The first kappa shape index (κ1) is 28.9. The molecular formula is C29H45FN4O4S. The normalized spacial score (nSPS) is 33.0. The number of nitrogens with two attached hydrogens (primary N) is 1. The molecule has 0 spiro atoms. The number of halogens is 1. The second-order valence-corrected chi connectivity index (χ2v) is 14.1. The number of hydrogen-bond donors (Lipinski definition) is 3. The van der Waals surface area contributed by atoms with Crippen molar-refractivity contribution in [2.24, 2.45) is 17.6 Å². The highest BCUT2D eigenvalue weighted by Crippen LogP contribution is 2.36. The Labute approximate surface area is 232 Å². The molecule has 2 unspecified atom stereocenters. The van der Waals surface area contributed by atoms with Crippen molar-refractivity contribution in [2.45, 2.75) is 94.3 Å². The fraction of sp³-hybridized carbons (Fsp3) is 0.759. The number of piperazine rings is 1. The molecule has 4 N–H and O–H groups in total. The summed E-state index contributed by atoms with van der Waals surface area (Å²) in [6.45, 7) is 2.56. The molecule has 3 saturated heterocycles. The minimum atomic E-state index is -3.21. The molecule has 1 aromatic rings. The molecule has 8 nitrogen and oxygen atoms in total. The smallest absolute Gasteiger partial charge is 0.237 e. The van der Waals surface area contributed by atoms with Gasteiger partial charge in [-0.25, -0.2) is 12.8 Å². The fourth-order valence-corrected chi connectivity index (χ4v) is 9.18. The van der Waals surface area contributed by atoms with Gasteiger partial charge in [0.25, 0.3) is 0 Å². The van der Waals surface area contributed by atoms with Crippen molar-refractivity contribution in [2.75, 3.05) is 32.1 Å². The summed E-state index contributed by atoms with van der Waals surface area (Å²) in [4.78, 5) is 13.6. The van der Waals surface area contributed by atoms with Crippen molar-refractivity contribution in [1.29, 1.82) is 0 Å². The number of amides is 1. The van der Waals surface area contributed by atoms with Crippen LogP contribution in [-0.4, -0.2) is 74.9 Å². The topological polar surface area (TPSA) is 114 Å². The van der Waals surface area contributed by atoms with Gasteiger partial charge in [-0.2, -0.15) is 4.31 Å². The van der Waals surface area contributed by atoms with Crippen LogP contribution in [0.2, 0.25) is 0 Å². The summed E-state index contributed by atoms with van der Waals surface area (Å²) in [6, 6.07) is 5.92. The predicted molar refractivity (Wildman–Crippen MR) is 149 cm³/mol. The number of benzene rings is 1. The average molecular weight is 565 g/mol. The third-order valence-electron chi connectivity index (χ3n) is 9.59. The molecule has 1 saturated carbocycles. The molecule has 1 aliphatic carbocycles. The van der Waals surface area contributed by atoms with Crippen molar-refractivity contribution in [3.8, 4) is 0 Å². The monoisotopic (exact) mass is 564 g/mol. The van der Waals surface area contributed by atoms with Gasteiger partial charge >= 0.3 is 0 Å². The number of nitrogens with one attached hydrogen (secondary N) is 2. The number of carbonyl (C=O) groups is 1. The van der Waals surface area contributed by atoms with Gasteiger partial charge in [0, 0.05) is 50.3 Å². The minimum absolute atomic E-state index is 0.0266. The first-order valence-electron chi connectivity index (χ1n) is 14.9. The molecule has 218 valence electrons. The van der Waals surface area contributed by atoms with E-state index in [-0.39, 0.29) is 47.4 Å². The lowest BCUT2D eigenvalue weighted by Crippen LogP contribution is -2.57. The highest BCUT2D eigenvalue weighted by atomic mass is 32.2. The summed E-state index contributed by atoms with van der Waals surface area (Å²) in [5.74, 6) is 0.0875. The molecule has 4 aliphatic rings. The quantitative estimate of drug-likeness (QED) is 0.448. The Morgan fingerprint density at radius 3 is 2.59 bits per heavy atom. The van der Waals surface area contributed by atoms with Gasteiger partial charge < -0.3 is 21.1 Å². The standard InChI is InChI=1S/C29H45FN4O4S/c30-23-10-7-21(8-11-23)27(22-13-15-38-16-14-22)28(31)29(35)33-26-6-2-1-4-20(26)9-12-25-18-32-24-5-3-17-39(36,37)34(25)19-24/h7-8,10-11,20,22,24-28,32H,1-6,9,12-19,31H2,(H,33,35)/t20-,24-,25+,26+,27?,28+/m1/s1. The molecule has 3 heterocycles. The van der Waals surface area contributed by atoms with E-state index < -0.39 is 16.1 Å². The van der Waals surface area contributed by atoms with Gasteiger partial charge in [-0.05, 0) is 80.9 Å². The maximum atomic E-state index is 13.7. The molecule has 0 aromatic heterocycles. The predicted octanol–water partition coefficient (Wildman–Crippen LogP) is 2.88. The van der Waals surface area contributed by atoms with Crippen LogP contribution in [-0.2, 0) is 19.6 Å². The lowest BCUT2D eigenvalue weighted by Gasteiger charge is -2.40. The van der Waals surface area contributed by atoms with Gasteiger partial charge in [0.05, 0.1) is 11.8 Å². The largest absolute Gasteiger partial charge is 0.381 e. The van der Waals surface area contributed by atoms with E-state index in [0.717, 1.165) is 63.4 Å². The van der Waals surface area contributed by atoms with E-state index in [4.69, 9.17) is 10.5 Å². The van der Waals surface area contributed by atoms with E-state index in [1.165, 1.54) is 12.1 Å². The maximum Gasteiger partial charge on any atom is 0.237 e. The Balaban J connectivity index is 1.24. The van der Waals surface area contributed by atoms with Crippen LogP contribution in [0, 0.1) is 17.7 Å². The fourth-order valence-electron chi connectivity index (χ4n) is 7.37. The van der Waals surface area contributed by atoms with Crippen LogP contribution >= 0.6 is 0 Å². The van der Waals surface area contributed by atoms with Crippen molar-refractivity contribution < 1.29 is 22.3 Å². The first-order chi connectivity index (χ1) is 18.8. The summed E-state index contributed by atoms with van der Waals surface area (Å²) in [7, 11) is -3.21. The Morgan fingerprint density at radius 2 is 1.82 bits per heavy atom. The zero-order valence-electron chi connectivity index (χ0n) is 22.9. The zero-order valence-corrected chi connectivity index (χ0v) is 23.7. The van der Waals surface area contributed by atoms with Crippen LogP contribution in [0.25, 0.3) is 0 Å². The number of nitrogens with zero attached hydrogens (tertiary/aromatic N) is 1. The van der Waals surface area contributed by atoms with Crippen molar-refractivity contribution in [3.63, 3.8) is 0 Å². The molecule has 7 atom stereocenters. The number of ether oxygens (including phenoxy) is 1. The number of rotatable bonds is 8. The summed E-state index contributed by atoms with van der Waals surface area (Å²) in [5, 5.41) is 6.87. The van der Waals surface area contributed by atoms with Gasteiger partial charge in [0.15, 0.2) is 0 Å². The Hall–Kier alpha value is -1.59. The number of fused-ring (bicyclic) bond motifs is 2. The second-order valence-electron chi connectivity index (χ2n) is 12.1. The van der Waals surface area contributed by atoms with Crippen molar-refractivity contribution in [3.05, 3.63) is 35.6 Å². The molecule has 4 fully saturated rings. The minimum Gasteiger partial charge on any atom is -0.381 e. The second kappa shape index (κ2) is 12.9. The first-order valence-corrected chi connectivity index (χ1v) is 16.5. The summed E-state index contributed by atoms with van der Waals surface area (Å²) in [6.07, 6.45) is 9.06. The van der Waals surface area contributed by atoms with Crippen molar-refractivity contribution in [1.82, 2.24) is 14.9 Å². The summed E-state index contributed by atoms with van der Waals surface area (Å²) >= 11 is 0. The molecule has 3 aliphatic heterocycles. The molecular weight excluding hydrogens is 519 g/mol. The maximum absolute atomic E-state index is 13.7. The molecule has 2 bridgehead atoms. The highest BCUT2D eigenvalue weighted by molar-refractivity contribution is 7.89. The van der Waals surface area contributed by atoms with Crippen LogP contribution in [0.3, 0.4) is 0 Å². The van der Waals surface area contributed by atoms with Gasteiger partial charge in [-0.3, -0.25) is 4.79 Å². The Morgan fingerprint density at radius 1 is 1.08 bits per heavy atom. The van der Waals surface area contributed by atoms with E-state index in [2.05, 4.69) is 10.6 Å². The van der Waals surface area contributed by atoms with E-state index in [9.17, 15) is 17.6 Å². The number of sulfonamides is 1. The molecule has 1 amide bonds. The van der Waals surface area contributed by atoms with Gasteiger partial charge in [0.2, 0.25) is 15.9 Å². The third kappa shape index (κ3) is 7.01. The van der Waals surface area contributed by atoms with Crippen LogP contribution in [0.1, 0.15) is 75.7 Å². The lowest BCUT2D eigenvalue weighted by molar-refractivity contribution is -0.124. The van der Waals surface area contributed by atoms with Crippen LogP contribution in [0.15, 0.2) is 24.3 Å². The van der Waals surface area contributed by atoms with Gasteiger partial charge in [-0.15, -0.1) is 0 Å². The number of hydrogen-bond acceptors (Lipinski definition) is 6. The highest BCUT2D eigenvalue weighted by Gasteiger charge is 2.39. The van der Waals surface area contributed by atoms with Gasteiger partial charge in [-0.1, -0.05) is 25.0 Å². The van der Waals surface area contributed by atoms with Crippen LogP contribution in [0.5, 0.6) is 0 Å². The molecule has 0 radical (unpaired) electrons. The van der Waals surface area contributed by atoms with E-state index in [1.807, 2.05) is 0 Å². The van der Waals surface area contributed by atoms with E-state index >= 15 is 0 Å².